The molecular formula is C16H20N4O2. The molecule has 2 aromatic rings. The lowest BCUT2D eigenvalue weighted by Crippen LogP contribution is -2.34. The first-order valence-corrected chi connectivity index (χ1v) is 7.09. The number of carbonyl (C=O) groups is 1. The van der Waals surface area contributed by atoms with E-state index in [0.717, 1.165) is 5.56 Å². The molecule has 0 aliphatic heterocycles. The highest BCUT2D eigenvalue weighted by atomic mass is 16.5. The van der Waals surface area contributed by atoms with Crippen LogP contribution in [0.2, 0.25) is 0 Å². The largest absolute Gasteiger partial charge is 0.383 e. The number of carbonyl (C=O) groups excluding carboxylic acids is 1. The number of nitrogens with zero attached hydrogens (tertiary/aromatic N) is 3. The number of benzene rings is 1. The molecule has 1 aromatic heterocycles. The minimum atomic E-state index is -0.179. The molecule has 0 saturated heterocycles. The molecule has 1 heterocycles. The topological polar surface area (TPSA) is 69.0 Å². The van der Waals surface area contributed by atoms with Gasteiger partial charge >= 0.3 is 0 Å². The molecule has 0 aliphatic rings. The van der Waals surface area contributed by atoms with E-state index in [2.05, 4.69) is 15.6 Å². The van der Waals surface area contributed by atoms with Crippen molar-refractivity contribution in [1.29, 1.82) is 0 Å². The zero-order chi connectivity index (χ0) is 15.8. The average Bonchev–Trinajstić information content (AvgIpc) is 2.94. The normalized spacial score (nSPS) is 12.5. The van der Waals surface area contributed by atoms with Crippen molar-refractivity contribution in [3.05, 3.63) is 53.9 Å². The first-order chi connectivity index (χ1) is 10.7. The number of aromatic nitrogens is 3. The van der Waals surface area contributed by atoms with Crippen LogP contribution in [0.3, 0.4) is 0 Å². The molecule has 6 heteroatoms. The maximum absolute atomic E-state index is 11.7. The molecule has 22 heavy (non-hydrogen) atoms. The van der Waals surface area contributed by atoms with E-state index in [1.807, 2.05) is 37.3 Å². The summed E-state index contributed by atoms with van der Waals surface area (Å²) in [6, 6.07) is 9.97. The van der Waals surface area contributed by atoms with Gasteiger partial charge in [-0.1, -0.05) is 35.5 Å². The predicted octanol–water partition coefficient (Wildman–Crippen LogP) is 1.49. The van der Waals surface area contributed by atoms with Crippen LogP contribution in [-0.4, -0.2) is 40.7 Å². The van der Waals surface area contributed by atoms with E-state index in [0.29, 0.717) is 18.8 Å². The van der Waals surface area contributed by atoms with Crippen LogP contribution in [0.1, 0.15) is 18.2 Å². The van der Waals surface area contributed by atoms with Gasteiger partial charge in [0.15, 0.2) is 0 Å². The molecule has 1 atom stereocenters. The number of nitrogens with one attached hydrogen (secondary N) is 1. The molecule has 0 radical (unpaired) electrons. The SMILES string of the molecule is COCC(C)NC(=O)/C=C/c1cn(Cc2ccccc2)nn1. The van der Waals surface area contributed by atoms with Crippen LogP contribution in [0.4, 0.5) is 0 Å². The van der Waals surface area contributed by atoms with Gasteiger partial charge in [0.1, 0.15) is 5.69 Å². The van der Waals surface area contributed by atoms with Crippen LogP contribution < -0.4 is 5.32 Å². The molecule has 0 bridgehead atoms. The average molecular weight is 300 g/mol. The van der Waals surface area contributed by atoms with Crippen molar-refractivity contribution < 1.29 is 9.53 Å². The minimum absolute atomic E-state index is 0.0316. The molecule has 0 fully saturated rings. The number of hydrogen-bond donors (Lipinski definition) is 1. The van der Waals surface area contributed by atoms with Gasteiger partial charge in [-0.3, -0.25) is 4.79 Å². The molecule has 0 saturated carbocycles. The fourth-order valence-corrected chi connectivity index (χ4v) is 1.98. The molecule has 1 amide bonds. The molecule has 1 aromatic carbocycles. The summed E-state index contributed by atoms with van der Waals surface area (Å²) in [5, 5.41) is 10.9. The first kappa shape index (κ1) is 15.9. The van der Waals surface area contributed by atoms with Crippen molar-refractivity contribution in [1.82, 2.24) is 20.3 Å². The molecule has 0 spiro atoms. The summed E-state index contributed by atoms with van der Waals surface area (Å²) >= 11 is 0. The Morgan fingerprint density at radius 1 is 1.41 bits per heavy atom. The summed E-state index contributed by atoms with van der Waals surface area (Å²) < 4.78 is 6.70. The molecule has 1 N–H and O–H groups in total. The third-order valence-corrected chi connectivity index (χ3v) is 2.95. The van der Waals surface area contributed by atoms with Crippen LogP contribution in [0.5, 0.6) is 0 Å². The van der Waals surface area contributed by atoms with Crippen LogP contribution in [0.25, 0.3) is 6.08 Å². The number of hydrogen-bond acceptors (Lipinski definition) is 4. The Labute approximate surface area is 129 Å². The second kappa shape index (κ2) is 8.09. The Bertz CT molecular complexity index is 622. The number of methoxy groups -OCH3 is 1. The fourth-order valence-electron chi connectivity index (χ4n) is 1.98. The van der Waals surface area contributed by atoms with Gasteiger partial charge in [-0.2, -0.15) is 0 Å². The molecule has 116 valence electrons. The van der Waals surface area contributed by atoms with E-state index in [1.165, 1.54) is 6.08 Å². The summed E-state index contributed by atoms with van der Waals surface area (Å²) in [6.45, 7) is 3.01. The highest BCUT2D eigenvalue weighted by Gasteiger charge is 2.04. The highest BCUT2D eigenvalue weighted by molar-refractivity contribution is 5.91. The first-order valence-electron chi connectivity index (χ1n) is 7.09. The summed E-state index contributed by atoms with van der Waals surface area (Å²) in [4.78, 5) is 11.7. The van der Waals surface area contributed by atoms with E-state index in [1.54, 1.807) is 24.1 Å². The zero-order valence-corrected chi connectivity index (χ0v) is 12.8. The number of amides is 1. The van der Waals surface area contributed by atoms with Gasteiger partial charge in [-0.25, -0.2) is 4.68 Å². The summed E-state index contributed by atoms with van der Waals surface area (Å²) in [5.41, 5.74) is 1.79. The Hall–Kier alpha value is -2.47. The molecule has 0 aliphatic carbocycles. The van der Waals surface area contributed by atoms with E-state index >= 15 is 0 Å². The van der Waals surface area contributed by atoms with Crippen LogP contribution in [0, 0.1) is 0 Å². The molecular weight excluding hydrogens is 280 g/mol. The summed E-state index contributed by atoms with van der Waals surface area (Å²) in [6.07, 6.45) is 4.89. The second-order valence-corrected chi connectivity index (χ2v) is 5.02. The van der Waals surface area contributed by atoms with E-state index < -0.39 is 0 Å². The quantitative estimate of drug-likeness (QED) is 0.787. The lowest BCUT2D eigenvalue weighted by atomic mass is 10.2. The maximum Gasteiger partial charge on any atom is 0.244 e. The van der Waals surface area contributed by atoms with Gasteiger partial charge in [0.25, 0.3) is 0 Å². The van der Waals surface area contributed by atoms with E-state index in [9.17, 15) is 4.79 Å². The Morgan fingerprint density at radius 2 is 2.18 bits per heavy atom. The van der Waals surface area contributed by atoms with Gasteiger partial charge in [0.05, 0.1) is 19.3 Å². The lowest BCUT2D eigenvalue weighted by molar-refractivity contribution is -0.117. The van der Waals surface area contributed by atoms with Crippen molar-refractivity contribution in [3.8, 4) is 0 Å². The van der Waals surface area contributed by atoms with Crippen molar-refractivity contribution >= 4 is 12.0 Å². The lowest BCUT2D eigenvalue weighted by Gasteiger charge is -2.10. The maximum atomic E-state index is 11.7. The van der Waals surface area contributed by atoms with Crippen molar-refractivity contribution in [2.75, 3.05) is 13.7 Å². The smallest absolute Gasteiger partial charge is 0.244 e. The van der Waals surface area contributed by atoms with Gasteiger partial charge in [0.2, 0.25) is 5.91 Å². The Morgan fingerprint density at radius 3 is 2.91 bits per heavy atom. The summed E-state index contributed by atoms with van der Waals surface area (Å²) in [5.74, 6) is -0.179. The molecule has 6 nitrogen and oxygen atoms in total. The zero-order valence-electron chi connectivity index (χ0n) is 12.8. The standard InChI is InChI=1S/C16H20N4O2/c1-13(12-22-2)17-16(21)9-8-15-11-20(19-18-15)10-14-6-4-3-5-7-14/h3-9,11,13H,10,12H2,1-2H3,(H,17,21)/b9-8+. The van der Waals surface area contributed by atoms with Crippen LogP contribution >= 0.6 is 0 Å². The van der Waals surface area contributed by atoms with Crippen LogP contribution in [0.15, 0.2) is 42.6 Å². The Balaban J connectivity index is 1.89. The minimum Gasteiger partial charge on any atom is -0.383 e. The van der Waals surface area contributed by atoms with E-state index in [4.69, 9.17) is 4.74 Å². The van der Waals surface area contributed by atoms with Gasteiger partial charge in [0, 0.05) is 19.2 Å². The highest BCUT2D eigenvalue weighted by Crippen LogP contribution is 2.03. The fraction of sp³-hybridized carbons (Fsp3) is 0.312. The molecule has 2 rings (SSSR count). The van der Waals surface area contributed by atoms with Gasteiger partial charge < -0.3 is 10.1 Å². The second-order valence-electron chi connectivity index (χ2n) is 5.02. The number of rotatable bonds is 7. The van der Waals surface area contributed by atoms with Gasteiger partial charge in [-0.15, -0.1) is 5.10 Å². The van der Waals surface area contributed by atoms with Crippen LogP contribution in [-0.2, 0) is 16.1 Å². The number of ether oxygens (including phenoxy) is 1. The third kappa shape index (κ3) is 5.14. The van der Waals surface area contributed by atoms with Crippen molar-refractivity contribution in [2.24, 2.45) is 0 Å². The van der Waals surface area contributed by atoms with Crippen molar-refractivity contribution in [3.63, 3.8) is 0 Å². The third-order valence-electron chi connectivity index (χ3n) is 2.95. The molecule has 1 unspecified atom stereocenters. The predicted molar refractivity (Wildman–Crippen MR) is 84.1 cm³/mol. The van der Waals surface area contributed by atoms with E-state index in [-0.39, 0.29) is 11.9 Å². The van der Waals surface area contributed by atoms with Crippen molar-refractivity contribution in [2.45, 2.75) is 19.5 Å². The summed E-state index contributed by atoms with van der Waals surface area (Å²) in [7, 11) is 1.60. The van der Waals surface area contributed by atoms with Gasteiger partial charge in [-0.05, 0) is 18.6 Å². The monoisotopic (exact) mass is 300 g/mol. The Kier molecular flexibility index (Phi) is 5.85.